The van der Waals surface area contributed by atoms with Gasteiger partial charge in [0.25, 0.3) is 5.69 Å². The van der Waals surface area contributed by atoms with Crippen LogP contribution < -0.4 is 24.3 Å². The van der Waals surface area contributed by atoms with Crippen LogP contribution in [-0.2, 0) is 20.9 Å². The third-order valence-electron chi connectivity index (χ3n) is 13.3. The topological polar surface area (TPSA) is 201 Å². The number of nitro groups is 1. The molecule has 1 saturated carbocycles. The lowest BCUT2D eigenvalue weighted by Crippen LogP contribution is -2.70. The molecule has 71 heavy (non-hydrogen) atoms. The number of non-ortho nitro benzene ring substituents is 1. The number of aliphatic hydroxyl groups excluding tert-OH is 2. The summed E-state index contributed by atoms with van der Waals surface area (Å²) in [5.41, 5.74) is 3.50. The number of benzene rings is 4. The van der Waals surface area contributed by atoms with Gasteiger partial charge >= 0.3 is 6.09 Å². The minimum absolute atomic E-state index is 0.00276. The van der Waals surface area contributed by atoms with Crippen molar-refractivity contribution < 1.29 is 57.6 Å². The highest BCUT2D eigenvalue weighted by atomic mass is 19.1. The van der Waals surface area contributed by atoms with E-state index in [9.17, 15) is 29.5 Å². The Morgan fingerprint density at radius 1 is 0.972 bits per heavy atom. The lowest BCUT2D eigenvalue weighted by Gasteiger charge is -2.60. The fourth-order valence-corrected chi connectivity index (χ4v) is 10.1. The SMILES string of the molecule is C=CCO[C@@]12Oc3ccc(OC(=O)Nc4ccc(OC)cc4OC)cc3[C@H]3[C@H](CCCCO)[C@@H](CCCCO)C=C(C(=NOCC)C[C@@H]1N(Cc1ccc(F)cc1)C(=O)C=Cc1ccc([N+](=O)[O-])cc1)[C@H]32. The number of rotatable bonds is 23. The molecule has 2 aliphatic carbocycles. The number of allylic oxidation sites excluding steroid dienone is 1. The van der Waals surface area contributed by atoms with E-state index in [1.165, 1.54) is 44.6 Å². The Balaban J connectivity index is 1.41. The second-order valence-electron chi connectivity index (χ2n) is 17.5. The number of fused-ring (bicyclic) bond motifs is 2. The number of oxime groups is 1. The number of hydrogen-bond donors (Lipinski definition) is 3. The molecule has 0 radical (unpaired) electrons. The van der Waals surface area contributed by atoms with Crippen LogP contribution in [0.3, 0.4) is 0 Å². The van der Waals surface area contributed by atoms with Gasteiger partial charge in [0.05, 0.1) is 43.1 Å². The summed E-state index contributed by atoms with van der Waals surface area (Å²) in [4.78, 5) is 47.1. The van der Waals surface area contributed by atoms with Crippen molar-refractivity contribution in [1.29, 1.82) is 0 Å². The van der Waals surface area contributed by atoms with Crippen LogP contribution in [0.1, 0.15) is 74.5 Å². The first-order valence-electron chi connectivity index (χ1n) is 23.9. The fourth-order valence-electron chi connectivity index (χ4n) is 10.1. The van der Waals surface area contributed by atoms with Gasteiger partial charge in [0.2, 0.25) is 11.7 Å². The van der Waals surface area contributed by atoms with Crippen molar-refractivity contribution in [2.75, 3.05) is 46.0 Å². The van der Waals surface area contributed by atoms with Gasteiger partial charge in [0.15, 0.2) is 0 Å². The molecule has 1 fully saturated rings. The minimum Gasteiger partial charge on any atom is -0.497 e. The lowest BCUT2D eigenvalue weighted by molar-refractivity contribution is -0.384. The molecule has 16 nitrogen and oxygen atoms in total. The van der Waals surface area contributed by atoms with Crippen LogP contribution in [0.25, 0.3) is 6.08 Å². The highest BCUT2D eigenvalue weighted by Crippen LogP contribution is 2.62. The van der Waals surface area contributed by atoms with Gasteiger partial charge in [-0.1, -0.05) is 42.3 Å². The smallest absolute Gasteiger partial charge is 0.417 e. The lowest BCUT2D eigenvalue weighted by atomic mass is 9.55. The third kappa shape index (κ3) is 11.9. The molecule has 1 aliphatic heterocycles. The van der Waals surface area contributed by atoms with Crippen molar-refractivity contribution in [3.63, 3.8) is 0 Å². The van der Waals surface area contributed by atoms with Crippen molar-refractivity contribution in [3.8, 4) is 23.0 Å². The van der Waals surface area contributed by atoms with Gasteiger partial charge < -0.3 is 43.6 Å². The molecule has 0 saturated heterocycles. The summed E-state index contributed by atoms with van der Waals surface area (Å²) >= 11 is 0. The standard InChI is InChI=1S/C54H61FN4O12/c1-5-29-68-54-49(58(34-36-13-18-38(55)19-14-36)50(62)26-17-35-15-20-39(21-16-35)59(64)65)33-46(57-69-6-2)43-30-37(11-7-9-27-60)42(12-8-10-28-61)51(52(43)54)44-31-41(23-25-47(44)71-54)70-53(63)56-45-24-22-40(66-3)32-48(45)67-4/h5,13-26,30-32,37,42,49,51-52,60-61H,1,6-12,27-29,33-34H2,2-4H3,(H,56,63)/t37-,42+,49-,51+,52+,54+/m0/s1. The van der Waals surface area contributed by atoms with Gasteiger partial charge in [0, 0.05) is 61.9 Å². The van der Waals surface area contributed by atoms with E-state index in [1.807, 2.05) is 6.92 Å². The van der Waals surface area contributed by atoms with E-state index in [0.29, 0.717) is 71.9 Å². The third-order valence-corrected chi connectivity index (χ3v) is 13.3. The summed E-state index contributed by atoms with van der Waals surface area (Å²) in [5, 5.41) is 38.9. The summed E-state index contributed by atoms with van der Waals surface area (Å²) in [7, 11) is 3.00. The zero-order valence-corrected chi connectivity index (χ0v) is 40.2. The molecule has 17 heteroatoms. The zero-order chi connectivity index (χ0) is 50.5. The molecule has 0 unspecified atom stereocenters. The highest BCUT2D eigenvalue weighted by molar-refractivity contribution is 6.03. The number of hydrogen-bond acceptors (Lipinski definition) is 13. The second-order valence-corrected chi connectivity index (χ2v) is 17.5. The molecule has 376 valence electrons. The van der Waals surface area contributed by atoms with Gasteiger partial charge in [-0.15, -0.1) is 6.58 Å². The molecule has 0 aromatic heterocycles. The number of nitro benzene ring substituents is 1. The van der Waals surface area contributed by atoms with Gasteiger partial charge in [0.1, 0.15) is 41.5 Å². The average molecular weight is 977 g/mol. The van der Waals surface area contributed by atoms with Crippen molar-refractivity contribution >= 4 is 35.2 Å². The van der Waals surface area contributed by atoms with E-state index in [1.54, 1.807) is 77.7 Å². The Morgan fingerprint density at radius 2 is 1.70 bits per heavy atom. The van der Waals surface area contributed by atoms with Crippen LogP contribution in [0.15, 0.2) is 120 Å². The largest absolute Gasteiger partial charge is 0.497 e. The van der Waals surface area contributed by atoms with Crippen LogP contribution in [0.5, 0.6) is 23.0 Å². The molecule has 4 aromatic rings. The first-order chi connectivity index (χ1) is 34.5. The van der Waals surface area contributed by atoms with E-state index < -0.39 is 46.4 Å². The van der Waals surface area contributed by atoms with Crippen LogP contribution >= 0.6 is 0 Å². The predicted octanol–water partition coefficient (Wildman–Crippen LogP) is 9.76. The van der Waals surface area contributed by atoms with Crippen LogP contribution in [0.2, 0.25) is 0 Å². The number of halogens is 1. The Hall–Kier alpha value is -7.08. The Morgan fingerprint density at radius 3 is 2.38 bits per heavy atom. The summed E-state index contributed by atoms with van der Waals surface area (Å²) < 4.78 is 45.6. The maximum absolute atomic E-state index is 15.1. The maximum Gasteiger partial charge on any atom is 0.417 e. The summed E-state index contributed by atoms with van der Waals surface area (Å²) in [6.07, 6.45) is 10.0. The second kappa shape index (κ2) is 24.2. The molecule has 7 rings (SSSR count). The number of nitrogens with one attached hydrogen (secondary N) is 1. The predicted molar refractivity (Wildman–Crippen MR) is 265 cm³/mol. The van der Waals surface area contributed by atoms with Crippen molar-refractivity contribution in [2.24, 2.45) is 22.9 Å². The number of carbonyl (C=O) groups is 2. The van der Waals surface area contributed by atoms with Crippen LogP contribution in [0, 0.1) is 33.7 Å². The van der Waals surface area contributed by atoms with E-state index >= 15 is 4.79 Å². The number of anilines is 1. The summed E-state index contributed by atoms with van der Waals surface area (Å²) in [5.74, 6) is -2.34. The molecule has 2 amide bonds. The molecule has 1 heterocycles. The minimum atomic E-state index is -1.64. The molecular weight excluding hydrogens is 916 g/mol. The first kappa shape index (κ1) is 51.8. The van der Waals surface area contributed by atoms with Crippen molar-refractivity contribution in [1.82, 2.24) is 4.90 Å². The molecule has 0 spiro atoms. The van der Waals surface area contributed by atoms with Gasteiger partial charge in [-0.2, -0.15) is 0 Å². The number of carbonyl (C=O) groups excluding carboxylic acids is 2. The number of nitrogens with zero attached hydrogens (tertiary/aromatic N) is 3. The van der Waals surface area contributed by atoms with E-state index in [2.05, 4.69) is 18.0 Å². The van der Waals surface area contributed by atoms with E-state index in [-0.39, 0.29) is 62.7 Å². The van der Waals surface area contributed by atoms with Gasteiger partial charge in [-0.3, -0.25) is 20.2 Å². The molecule has 0 bridgehead atoms. The van der Waals surface area contributed by atoms with Crippen LogP contribution in [-0.4, -0.2) is 90.2 Å². The van der Waals surface area contributed by atoms with Crippen molar-refractivity contribution in [3.05, 3.63) is 148 Å². The van der Waals surface area contributed by atoms with Gasteiger partial charge in [-0.05, 0) is 122 Å². The van der Waals surface area contributed by atoms with Crippen molar-refractivity contribution in [2.45, 2.75) is 76.2 Å². The van der Waals surface area contributed by atoms with Crippen LogP contribution in [0.4, 0.5) is 20.6 Å². The quantitative estimate of drug-likeness (QED) is 0.0209. The molecular formula is C54H61FN4O12. The maximum atomic E-state index is 15.1. The number of amides is 2. The monoisotopic (exact) mass is 976 g/mol. The average Bonchev–Trinajstić information content (AvgIpc) is 3.37. The Bertz CT molecular complexity index is 2600. The van der Waals surface area contributed by atoms with Gasteiger partial charge in [-0.25, -0.2) is 9.18 Å². The number of unbranched alkanes of at least 4 members (excludes halogenated alkanes) is 2. The fraction of sp³-hybridized carbons (Fsp3) is 0.389. The molecule has 4 aromatic carbocycles. The molecule has 6 atom stereocenters. The Labute approximate surface area is 412 Å². The summed E-state index contributed by atoms with van der Waals surface area (Å²) in [6.45, 7) is 6.08. The Kier molecular flexibility index (Phi) is 17.6. The van der Waals surface area contributed by atoms with E-state index in [4.69, 9.17) is 33.7 Å². The first-order valence-corrected chi connectivity index (χ1v) is 23.9. The molecule has 3 aliphatic rings. The normalized spacial score (nSPS) is 21.5. The highest BCUT2D eigenvalue weighted by Gasteiger charge is 2.65. The number of aliphatic hydroxyl groups is 2. The number of ether oxygens (including phenoxy) is 5. The van der Waals surface area contributed by atoms with E-state index in [0.717, 1.165) is 17.6 Å². The number of methoxy groups -OCH3 is 2. The zero-order valence-electron chi connectivity index (χ0n) is 40.2. The molecule has 3 N–H and O–H groups in total. The summed E-state index contributed by atoms with van der Waals surface area (Å²) in [6, 6.07) is 20.8.